The Labute approximate surface area is 166 Å². The Morgan fingerprint density at radius 1 is 1.21 bits per heavy atom. The molecule has 2 N–H and O–H groups in total. The molecule has 2 aromatic rings. The maximum absolute atomic E-state index is 14.5. The maximum Gasteiger partial charge on any atom is 0.264 e. The number of hydrogen-bond acceptors (Lipinski definition) is 4. The van der Waals surface area contributed by atoms with Gasteiger partial charge in [-0.1, -0.05) is 11.6 Å². The van der Waals surface area contributed by atoms with Gasteiger partial charge in [0.1, 0.15) is 10.7 Å². The van der Waals surface area contributed by atoms with E-state index in [1.807, 2.05) is 0 Å². The number of nitrogens with one attached hydrogen (secondary N) is 2. The van der Waals surface area contributed by atoms with Crippen molar-refractivity contribution in [3.05, 3.63) is 52.3 Å². The van der Waals surface area contributed by atoms with E-state index in [2.05, 4.69) is 10.0 Å². The predicted molar refractivity (Wildman–Crippen MR) is 104 cm³/mol. The van der Waals surface area contributed by atoms with Gasteiger partial charge in [0.15, 0.2) is 0 Å². The van der Waals surface area contributed by atoms with E-state index >= 15 is 0 Å². The maximum atomic E-state index is 14.5. The van der Waals surface area contributed by atoms with Crippen LogP contribution in [-0.2, 0) is 21.2 Å². The SMILES string of the molecule is CN(C)C(=O)c1ccc(Cl)cc1NS(=O)(=O)c1cc2c(cc1F)NC(=O)CC2. The lowest BCUT2D eigenvalue weighted by Crippen LogP contribution is -2.25. The fraction of sp³-hybridized carbons (Fsp3) is 0.222. The van der Waals surface area contributed by atoms with Gasteiger partial charge in [0.25, 0.3) is 15.9 Å². The molecular weight excluding hydrogens is 409 g/mol. The first kappa shape index (κ1) is 20.1. The fourth-order valence-electron chi connectivity index (χ4n) is 2.81. The molecule has 1 aliphatic rings. The summed E-state index contributed by atoms with van der Waals surface area (Å²) < 4.78 is 42.4. The van der Waals surface area contributed by atoms with Crippen LogP contribution in [0.5, 0.6) is 0 Å². The Morgan fingerprint density at radius 2 is 1.93 bits per heavy atom. The van der Waals surface area contributed by atoms with Crippen LogP contribution in [0.3, 0.4) is 0 Å². The number of rotatable bonds is 4. The zero-order valence-electron chi connectivity index (χ0n) is 15.0. The predicted octanol–water partition coefficient (Wildman–Crippen LogP) is 2.87. The lowest BCUT2D eigenvalue weighted by molar-refractivity contribution is -0.116. The summed E-state index contributed by atoms with van der Waals surface area (Å²) in [4.78, 5) is 24.5. The largest absolute Gasteiger partial charge is 0.345 e. The zero-order valence-corrected chi connectivity index (χ0v) is 16.6. The van der Waals surface area contributed by atoms with Crippen LogP contribution in [0.25, 0.3) is 0 Å². The summed E-state index contributed by atoms with van der Waals surface area (Å²) in [5.41, 5.74) is 0.774. The number of hydrogen-bond donors (Lipinski definition) is 2. The van der Waals surface area contributed by atoms with Gasteiger partial charge in [-0.3, -0.25) is 14.3 Å². The Bertz CT molecular complexity index is 1090. The van der Waals surface area contributed by atoms with Crippen LogP contribution < -0.4 is 10.0 Å². The molecule has 1 heterocycles. The van der Waals surface area contributed by atoms with Gasteiger partial charge in [0, 0.05) is 31.2 Å². The van der Waals surface area contributed by atoms with Gasteiger partial charge < -0.3 is 10.2 Å². The van der Waals surface area contributed by atoms with Crippen molar-refractivity contribution in [2.75, 3.05) is 24.1 Å². The quantitative estimate of drug-likeness (QED) is 0.787. The molecule has 0 atom stereocenters. The highest BCUT2D eigenvalue weighted by molar-refractivity contribution is 7.92. The third kappa shape index (κ3) is 3.95. The van der Waals surface area contributed by atoms with E-state index in [1.54, 1.807) is 0 Å². The Morgan fingerprint density at radius 3 is 2.61 bits per heavy atom. The normalized spacial score (nSPS) is 13.5. The molecule has 1 aliphatic heterocycles. The molecule has 0 fully saturated rings. The first-order valence-corrected chi connectivity index (χ1v) is 10.1. The number of halogens is 2. The number of anilines is 2. The smallest absolute Gasteiger partial charge is 0.264 e. The van der Waals surface area contributed by atoms with Crippen molar-refractivity contribution in [3.8, 4) is 0 Å². The number of benzene rings is 2. The number of carbonyl (C=O) groups is 2. The second kappa shape index (κ2) is 7.40. The van der Waals surface area contributed by atoms with Gasteiger partial charge in [0.2, 0.25) is 5.91 Å². The molecule has 148 valence electrons. The first-order valence-electron chi connectivity index (χ1n) is 8.25. The van der Waals surface area contributed by atoms with Gasteiger partial charge in [-0.05, 0) is 42.3 Å². The molecule has 0 saturated carbocycles. The molecule has 2 amide bonds. The van der Waals surface area contributed by atoms with Gasteiger partial charge in [-0.15, -0.1) is 0 Å². The Balaban J connectivity index is 2.03. The molecule has 0 radical (unpaired) electrons. The highest BCUT2D eigenvalue weighted by Crippen LogP contribution is 2.30. The van der Waals surface area contributed by atoms with Crippen molar-refractivity contribution < 1.29 is 22.4 Å². The third-order valence-corrected chi connectivity index (χ3v) is 5.82. The van der Waals surface area contributed by atoms with E-state index < -0.39 is 26.6 Å². The van der Waals surface area contributed by atoms with E-state index in [0.717, 1.165) is 6.07 Å². The van der Waals surface area contributed by atoms with Crippen LogP contribution in [-0.4, -0.2) is 39.2 Å². The highest BCUT2D eigenvalue weighted by Gasteiger charge is 2.26. The van der Waals surface area contributed by atoms with Crippen LogP contribution in [0.2, 0.25) is 5.02 Å². The highest BCUT2D eigenvalue weighted by atomic mass is 35.5. The van der Waals surface area contributed by atoms with Crippen LogP contribution in [0, 0.1) is 5.82 Å². The van der Waals surface area contributed by atoms with Gasteiger partial charge in [-0.25, -0.2) is 12.8 Å². The third-order valence-electron chi connectivity index (χ3n) is 4.21. The minimum atomic E-state index is -4.36. The van der Waals surface area contributed by atoms with E-state index in [1.165, 1.54) is 43.3 Å². The van der Waals surface area contributed by atoms with Crippen molar-refractivity contribution in [2.24, 2.45) is 0 Å². The molecule has 0 saturated heterocycles. The van der Waals surface area contributed by atoms with Crippen LogP contribution in [0.1, 0.15) is 22.3 Å². The van der Waals surface area contributed by atoms with Gasteiger partial charge in [0.05, 0.1) is 11.3 Å². The number of aryl methyl sites for hydroxylation is 1. The van der Waals surface area contributed by atoms with Crippen molar-refractivity contribution in [3.63, 3.8) is 0 Å². The number of nitrogens with zero attached hydrogens (tertiary/aromatic N) is 1. The van der Waals surface area contributed by atoms with Crippen molar-refractivity contribution in [1.29, 1.82) is 0 Å². The molecule has 0 unspecified atom stereocenters. The minimum absolute atomic E-state index is 0.0587. The van der Waals surface area contributed by atoms with Gasteiger partial charge >= 0.3 is 0 Å². The molecule has 0 spiro atoms. The Hall–Kier alpha value is -2.65. The molecule has 0 aliphatic carbocycles. The number of fused-ring (bicyclic) bond motifs is 1. The first-order chi connectivity index (χ1) is 13.1. The summed E-state index contributed by atoms with van der Waals surface area (Å²) in [5, 5.41) is 2.72. The van der Waals surface area contributed by atoms with Crippen molar-refractivity contribution >= 4 is 44.8 Å². The lowest BCUT2D eigenvalue weighted by atomic mass is 10.0. The second-order valence-corrected chi connectivity index (χ2v) is 8.57. The van der Waals surface area contributed by atoms with Gasteiger partial charge in [-0.2, -0.15) is 0 Å². The summed E-state index contributed by atoms with van der Waals surface area (Å²) in [7, 11) is -1.32. The van der Waals surface area contributed by atoms with Crippen LogP contribution in [0.4, 0.5) is 15.8 Å². The summed E-state index contributed by atoms with van der Waals surface area (Å²) in [6, 6.07) is 6.29. The molecule has 10 heteroatoms. The van der Waals surface area contributed by atoms with Crippen molar-refractivity contribution in [2.45, 2.75) is 17.7 Å². The van der Waals surface area contributed by atoms with E-state index in [-0.39, 0.29) is 34.3 Å². The van der Waals surface area contributed by atoms with Crippen LogP contribution >= 0.6 is 11.6 Å². The summed E-state index contributed by atoms with van der Waals surface area (Å²) >= 11 is 5.94. The minimum Gasteiger partial charge on any atom is -0.345 e. The summed E-state index contributed by atoms with van der Waals surface area (Å²) in [6.07, 6.45) is 0.479. The number of amides is 2. The molecule has 2 aromatic carbocycles. The van der Waals surface area contributed by atoms with E-state index in [4.69, 9.17) is 11.6 Å². The molecule has 7 nitrogen and oxygen atoms in total. The number of carbonyl (C=O) groups excluding carboxylic acids is 2. The Kier molecular flexibility index (Phi) is 5.31. The average molecular weight is 426 g/mol. The monoisotopic (exact) mass is 425 g/mol. The molecule has 0 bridgehead atoms. The van der Waals surface area contributed by atoms with E-state index in [0.29, 0.717) is 12.0 Å². The molecule has 3 rings (SSSR count). The topological polar surface area (TPSA) is 95.6 Å². The standard InChI is InChI=1S/C18H17ClFN3O4S/c1-23(2)18(25)12-5-4-11(19)8-15(12)22-28(26,27)16-7-10-3-6-17(24)21-14(10)9-13(16)20/h4-5,7-9,22H,3,6H2,1-2H3,(H,21,24). The van der Waals surface area contributed by atoms with Crippen LogP contribution in [0.15, 0.2) is 35.2 Å². The molecule has 0 aromatic heterocycles. The number of sulfonamides is 1. The zero-order chi connectivity index (χ0) is 20.6. The molecule has 28 heavy (non-hydrogen) atoms. The molecular formula is C18H17ClFN3O4S. The second-order valence-electron chi connectivity index (χ2n) is 6.48. The average Bonchev–Trinajstić information content (AvgIpc) is 2.60. The lowest BCUT2D eigenvalue weighted by Gasteiger charge is -2.19. The summed E-state index contributed by atoms with van der Waals surface area (Å²) in [5.74, 6) is -1.72. The van der Waals surface area contributed by atoms with Crippen molar-refractivity contribution in [1.82, 2.24) is 4.90 Å². The fourth-order valence-corrected chi connectivity index (χ4v) is 4.17. The summed E-state index contributed by atoms with van der Waals surface area (Å²) in [6.45, 7) is 0. The van der Waals surface area contributed by atoms with E-state index in [9.17, 15) is 22.4 Å².